The molecule has 4 nitrogen and oxygen atoms in total. The van der Waals surface area contributed by atoms with Gasteiger partial charge in [-0.15, -0.1) is 0 Å². The molecule has 274 valence electrons. The molecule has 0 aliphatic rings. The molecule has 55 heavy (non-hydrogen) atoms. The Hall–Kier alpha value is -6.29. The molecule has 0 N–H and O–H groups in total. The number of fused-ring (bicyclic) bond motifs is 3. The van der Waals surface area contributed by atoms with Gasteiger partial charge in [-0.2, -0.15) is 26.3 Å². The highest BCUT2D eigenvalue weighted by atomic mass is 19.4. The normalized spacial score (nSPS) is 12.5. The molecule has 10 heteroatoms. The van der Waals surface area contributed by atoms with E-state index in [0.717, 1.165) is 50.6 Å². The SMILES string of the molecule is CC(C)(C)c1ccc2c(c1)c1ccccc1n2-c1cc(-c2nc(-c3ccccc3)nc(-c3ccccc3)n2)ccc1-c1cc(C(F)(F)F)cc(C(F)(F)F)c1. The van der Waals surface area contributed by atoms with E-state index >= 15 is 0 Å². The number of halogens is 6. The summed E-state index contributed by atoms with van der Waals surface area (Å²) in [6.07, 6.45) is -10.1. The van der Waals surface area contributed by atoms with Crippen molar-refractivity contribution in [2.24, 2.45) is 0 Å². The van der Waals surface area contributed by atoms with Crippen LogP contribution in [0.15, 0.2) is 140 Å². The van der Waals surface area contributed by atoms with Crippen LogP contribution in [-0.2, 0) is 17.8 Å². The fourth-order valence-corrected chi connectivity index (χ4v) is 6.85. The van der Waals surface area contributed by atoms with Gasteiger partial charge >= 0.3 is 12.4 Å². The Balaban J connectivity index is 1.46. The summed E-state index contributed by atoms with van der Waals surface area (Å²) in [5.41, 5.74) is 1.73. The van der Waals surface area contributed by atoms with Crippen molar-refractivity contribution < 1.29 is 26.3 Å². The quantitative estimate of drug-likeness (QED) is 0.165. The fraction of sp³-hybridized carbons (Fsp3) is 0.133. The number of aromatic nitrogens is 4. The van der Waals surface area contributed by atoms with Gasteiger partial charge in [0.25, 0.3) is 0 Å². The minimum Gasteiger partial charge on any atom is -0.309 e. The van der Waals surface area contributed by atoms with Crippen molar-refractivity contribution in [1.29, 1.82) is 0 Å². The van der Waals surface area contributed by atoms with Gasteiger partial charge in [0.15, 0.2) is 17.5 Å². The van der Waals surface area contributed by atoms with Crippen LogP contribution >= 0.6 is 0 Å². The van der Waals surface area contributed by atoms with Crippen molar-refractivity contribution in [3.05, 3.63) is 156 Å². The summed E-state index contributed by atoms with van der Waals surface area (Å²) < 4.78 is 87.2. The molecule has 2 aromatic heterocycles. The van der Waals surface area contributed by atoms with Crippen LogP contribution in [0.25, 0.3) is 72.8 Å². The average molecular weight is 743 g/mol. The molecular formula is C45H32F6N4. The van der Waals surface area contributed by atoms with E-state index in [2.05, 4.69) is 26.8 Å². The van der Waals surface area contributed by atoms with Gasteiger partial charge in [0.05, 0.1) is 27.8 Å². The second kappa shape index (κ2) is 13.2. The molecule has 6 aromatic carbocycles. The lowest BCUT2D eigenvalue weighted by atomic mass is 9.86. The minimum atomic E-state index is -5.03. The van der Waals surface area contributed by atoms with Gasteiger partial charge in [-0.1, -0.05) is 118 Å². The standard InChI is InChI=1S/C45H32F6N4/c1-43(2,3)31-19-21-38-36(26-31)35-16-10-11-17-37(35)55(38)39-24-29(18-20-34(39)30-22-32(44(46,47)48)25-33(23-30)45(49,50)51)42-53-40(27-12-6-4-7-13-27)52-41(54-42)28-14-8-5-9-15-28/h4-26H,1-3H3. The maximum atomic E-state index is 14.2. The molecule has 0 amide bonds. The van der Waals surface area contributed by atoms with Gasteiger partial charge in [-0.3, -0.25) is 0 Å². The summed E-state index contributed by atoms with van der Waals surface area (Å²) in [6, 6.07) is 38.9. The number of alkyl halides is 6. The lowest BCUT2D eigenvalue weighted by Crippen LogP contribution is -2.11. The molecule has 0 unspecified atom stereocenters. The average Bonchev–Trinajstić information content (AvgIpc) is 3.50. The molecule has 8 rings (SSSR count). The molecule has 0 fully saturated rings. The largest absolute Gasteiger partial charge is 0.416 e. The fourth-order valence-electron chi connectivity index (χ4n) is 6.85. The van der Waals surface area contributed by atoms with E-state index in [0.29, 0.717) is 22.9 Å². The molecule has 0 aliphatic heterocycles. The molecule has 0 spiro atoms. The maximum Gasteiger partial charge on any atom is 0.416 e. The molecule has 0 saturated carbocycles. The zero-order chi connectivity index (χ0) is 38.7. The number of hydrogen-bond acceptors (Lipinski definition) is 3. The summed E-state index contributed by atoms with van der Waals surface area (Å²) in [5, 5.41) is 1.76. The smallest absolute Gasteiger partial charge is 0.309 e. The van der Waals surface area contributed by atoms with Crippen molar-refractivity contribution in [2.75, 3.05) is 0 Å². The monoisotopic (exact) mass is 742 g/mol. The lowest BCUT2D eigenvalue weighted by molar-refractivity contribution is -0.143. The Morgan fingerprint density at radius 3 is 1.47 bits per heavy atom. The van der Waals surface area contributed by atoms with Crippen LogP contribution in [0.2, 0.25) is 0 Å². The van der Waals surface area contributed by atoms with Crippen LogP contribution in [0, 0.1) is 0 Å². The van der Waals surface area contributed by atoms with Gasteiger partial charge in [0, 0.05) is 33.0 Å². The zero-order valence-corrected chi connectivity index (χ0v) is 29.8. The van der Waals surface area contributed by atoms with Crippen molar-refractivity contribution >= 4 is 21.8 Å². The first-order valence-electron chi connectivity index (χ1n) is 17.5. The number of nitrogens with zero attached hydrogens (tertiary/aromatic N) is 4. The van der Waals surface area contributed by atoms with Crippen molar-refractivity contribution in [2.45, 2.75) is 38.5 Å². The van der Waals surface area contributed by atoms with Crippen molar-refractivity contribution in [3.63, 3.8) is 0 Å². The van der Waals surface area contributed by atoms with Gasteiger partial charge in [-0.25, -0.2) is 15.0 Å². The van der Waals surface area contributed by atoms with E-state index < -0.39 is 23.5 Å². The molecular weight excluding hydrogens is 711 g/mol. The van der Waals surface area contributed by atoms with E-state index in [1.165, 1.54) is 0 Å². The summed E-state index contributed by atoms with van der Waals surface area (Å²) >= 11 is 0. The Kier molecular flexibility index (Phi) is 8.59. The second-order valence-corrected chi connectivity index (χ2v) is 14.4. The van der Waals surface area contributed by atoms with Crippen LogP contribution in [0.5, 0.6) is 0 Å². The molecule has 0 bridgehead atoms. The van der Waals surface area contributed by atoms with E-state index in [1.807, 2.05) is 102 Å². The highest BCUT2D eigenvalue weighted by molar-refractivity contribution is 6.10. The van der Waals surface area contributed by atoms with Crippen LogP contribution in [0.4, 0.5) is 26.3 Å². The summed E-state index contributed by atoms with van der Waals surface area (Å²) in [7, 11) is 0. The van der Waals surface area contributed by atoms with Crippen molar-refractivity contribution in [1.82, 2.24) is 19.5 Å². The van der Waals surface area contributed by atoms with Crippen LogP contribution in [-0.4, -0.2) is 19.5 Å². The summed E-state index contributed by atoms with van der Waals surface area (Å²) in [4.78, 5) is 14.5. The second-order valence-electron chi connectivity index (χ2n) is 14.4. The van der Waals surface area contributed by atoms with Crippen molar-refractivity contribution in [3.8, 4) is 51.0 Å². The Bertz CT molecular complexity index is 2620. The van der Waals surface area contributed by atoms with Gasteiger partial charge in [-0.05, 0) is 59.0 Å². The Morgan fingerprint density at radius 2 is 0.927 bits per heavy atom. The number of rotatable bonds is 5. The molecule has 0 atom stereocenters. The first-order valence-corrected chi connectivity index (χ1v) is 17.5. The third kappa shape index (κ3) is 6.84. The number of para-hydroxylation sites is 1. The van der Waals surface area contributed by atoms with Crippen LogP contribution in [0.3, 0.4) is 0 Å². The third-order valence-electron chi connectivity index (χ3n) is 9.63. The Morgan fingerprint density at radius 1 is 0.418 bits per heavy atom. The maximum absolute atomic E-state index is 14.2. The summed E-state index contributed by atoms with van der Waals surface area (Å²) in [6.45, 7) is 6.30. The highest BCUT2D eigenvalue weighted by Gasteiger charge is 2.37. The zero-order valence-electron chi connectivity index (χ0n) is 29.8. The topological polar surface area (TPSA) is 43.6 Å². The number of benzene rings is 6. The van der Waals surface area contributed by atoms with Crippen LogP contribution in [0.1, 0.15) is 37.5 Å². The Labute approximate surface area is 312 Å². The lowest BCUT2D eigenvalue weighted by Gasteiger charge is -2.20. The van der Waals surface area contributed by atoms with Gasteiger partial charge in [0.1, 0.15) is 0 Å². The number of hydrogen-bond donors (Lipinski definition) is 0. The summed E-state index contributed by atoms with van der Waals surface area (Å²) in [5.74, 6) is 1.07. The molecule has 0 saturated heterocycles. The van der Waals surface area contributed by atoms with Crippen LogP contribution < -0.4 is 0 Å². The van der Waals surface area contributed by atoms with Gasteiger partial charge < -0.3 is 4.57 Å². The minimum absolute atomic E-state index is 0.146. The predicted octanol–water partition coefficient (Wildman–Crippen LogP) is 13.0. The molecule has 2 heterocycles. The molecule has 8 aromatic rings. The van der Waals surface area contributed by atoms with E-state index in [9.17, 15) is 26.3 Å². The first kappa shape index (κ1) is 35.7. The molecule has 0 radical (unpaired) electrons. The van der Waals surface area contributed by atoms with E-state index in [1.54, 1.807) is 18.2 Å². The predicted molar refractivity (Wildman–Crippen MR) is 205 cm³/mol. The van der Waals surface area contributed by atoms with Gasteiger partial charge in [0.2, 0.25) is 0 Å². The first-order chi connectivity index (χ1) is 26.1. The molecule has 0 aliphatic carbocycles. The highest BCUT2D eigenvalue weighted by Crippen LogP contribution is 2.43. The third-order valence-corrected chi connectivity index (χ3v) is 9.63. The van der Waals surface area contributed by atoms with E-state index in [-0.39, 0.29) is 28.4 Å². The van der Waals surface area contributed by atoms with E-state index in [4.69, 9.17) is 15.0 Å².